The fourth-order valence-electron chi connectivity index (χ4n) is 1.94. The minimum Gasteiger partial charge on any atom is -0.504 e. The van der Waals surface area contributed by atoms with Crippen LogP contribution >= 0.6 is 23.2 Å². The molecule has 0 bridgehead atoms. The van der Waals surface area contributed by atoms with Gasteiger partial charge in [0.15, 0.2) is 5.75 Å². The average Bonchev–Trinajstić information content (AvgIpc) is 2.39. The highest BCUT2D eigenvalue weighted by Gasteiger charge is 2.10. The van der Waals surface area contributed by atoms with E-state index in [9.17, 15) is 9.90 Å². The van der Waals surface area contributed by atoms with E-state index in [0.29, 0.717) is 11.4 Å². The second-order valence-electron chi connectivity index (χ2n) is 4.85. The summed E-state index contributed by atoms with van der Waals surface area (Å²) < 4.78 is 0. The van der Waals surface area contributed by atoms with Gasteiger partial charge in [0.2, 0.25) is 5.91 Å². The summed E-state index contributed by atoms with van der Waals surface area (Å²) in [5.41, 5.74) is 0.262. The Bertz CT molecular complexity index is 450. The second kappa shape index (κ2) is 9.09. The molecule has 0 aliphatic heterocycles. The number of carbonyl (C=O) groups excluding carboxylic acids is 1. The molecule has 1 rings (SSSR count). The van der Waals surface area contributed by atoms with Crippen LogP contribution in [-0.2, 0) is 4.79 Å². The van der Waals surface area contributed by atoms with Crippen molar-refractivity contribution in [3.63, 3.8) is 0 Å². The summed E-state index contributed by atoms with van der Waals surface area (Å²) in [6.45, 7) is 2.18. The average molecular weight is 318 g/mol. The van der Waals surface area contributed by atoms with Crippen LogP contribution in [-0.4, -0.2) is 11.0 Å². The fourth-order valence-corrected chi connectivity index (χ4v) is 2.43. The van der Waals surface area contributed by atoms with E-state index in [2.05, 4.69) is 12.2 Å². The molecular formula is C15H21Cl2NO2. The van der Waals surface area contributed by atoms with Crippen molar-refractivity contribution in [1.82, 2.24) is 0 Å². The predicted molar refractivity (Wildman–Crippen MR) is 84.7 cm³/mol. The Kier molecular flexibility index (Phi) is 7.78. The van der Waals surface area contributed by atoms with Crippen LogP contribution in [0.25, 0.3) is 0 Å². The molecule has 2 N–H and O–H groups in total. The van der Waals surface area contributed by atoms with Crippen molar-refractivity contribution < 1.29 is 9.90 Å². The highest BCUT2D eigenvalue weighted by molar-refractivity contribution is 6.36. The van der Waals surface area contributed by atoms with Gasteiger partial charge in [0, 0.05) is 11.4 Å². The zero-order chi connectivity index (χ0) is 15.0. The number of amides is 1. The third kappa shape index (κ3) is 6.02. The standard InChI is InChI=1S/C15H21Cl2NO2/c1-2-3-4-5-6-7-8-14(19)18-13-10-11(16)9-12(17)15(13)20/h9-10,20H,2-8H2,1H3,(H,18,19). The Labute approximate surface area is 130 Å². The van der Waals surface area contributed by atoms with Crippen LogP contribution in [0, 0.1) is 0 Å². The molecule has 0 aromatic heterocycles. The minimum atomic E-state index is -0.146. The highest BCUT2D eigenvalue weighted by Crippen LogP contribution is 2.35. The van der Waals surface area contributed by atoms with Crippen molar-refractivity contribution in [1.29, 1.82) is 0 Å². The first kappa shape index (κ1) is 17.1. The number of phenolic OH excluding ortho intramolecular Hbond substituents is 1. The number of hydrogen-bond donors (Lipinski definition) is 2. The van der Waals surface area contributed by atoms with E-state index in [-0.39, 0.29) is 22.4 Å². The molecule has 112 valence electrons. The van der Waals surface area contributed by atoms with Gasteiger partial charge in [0.25, 0.3) is 0 Å². The highest BCUT2D eigenvalue weighted by atomic mass is 35.5. The SMILES string of the molecule is CCCCCCCCC(=O)Nc1cc(Cl)cc(Cl)c1O. The number of benzene rings is 1. The molecule has 0 aliphatic carbocycles. The number of halogens is 2. The maximum absolute atomic E-state index is 11.8. The molecule has 0 aliphatic rings. The van der Waals surface area contributed by atoms with E-state index in [1.165, 1.54) is 31.4 Å². The largest absolute Gasteiger partial charge is 0.504 e. The Hall–Kier alpha value is -0.930. The second-order valence-corrected chi connectivity index (χ2v) is 5.69. The van der Waals surface area contributed by atoms with Crippen LogP contribution in [0.3, 0.4) is 0 Å². The van der Waals surface area contributed by atoms with Gasteiger partial charge in [-0.3, -0.25) is 4.79 Å². The van der Waals surface area contributed by atoms with Crippen LogP contribution in [0.15, 0.2) is 12.1 Å². The van der Waals surface area contributed by atoms with E-state index in [1.54, 1.807) is 0 Å². The number of hydrogen-bond acceptors (Lipinski definition) is 2. The molecular weight excluding hydrogens is 297 g/mol. The van der Waals surface area contributed by atoms with Crippen LogP contribution in [0.1, 0.15) is 51.9 Å². The van der Waals surface area contributed by atoms with Crippen molar-refractivity contribution in [2.24, 2.45) is 0 Å². The molecule has 0 saturated heterocycles. The van der Waals surface area contributed by atoms with Crippen molar-refractivity contribution >= 4 is 34.8 Å². The molecule has 3 nitrogen and oxygen atoms in total. The molecule has 0 saturated carbocycles. The lowest BCUT2D eigenvalue weighted by molar-refractivity contribution is -0.116. The molecule has 1 aromatic rings. The quantitative estimate of drug-likeness (QED) is 0.499. The summed E-state index contributed by atoms with van der Waals surface area (Å²) in [6.07, 6.45) is 7.20. The van der Waals surface area contributed by atoms with Gasteiger partial charge in [0.05, 0.1) is 10.7 Å². The molecule has 5 heteroatoms. The molecule has 1 aromatic carbocycles. The lowest BCUT2D eigenvalue weighted by atomic mass is 10.1. The first-order valence-corrected chi connectivity index (χ1v) is 7.78. The van der Waals surface area contributed by atoms with Gasteiger partial charge >= 0.3 is 0 Å². The van der Waals surface area contributed by atoms with Crippen LogP contribution in [0.2, 0.25) is 10.0 Å². The van der Waals surface area contributed by atoms with E-state index >= 15 is 0 Å². The molecule has 20 heavy (non-hydrogen) atoms. The number of unbranched alkanes of at least 4 members (excludes halogenated alkanes) is 5. The third-order valence-electron chi connectivity index (χ3n) is 3.06. The van der Waals surface area contributed by atoms with Crippen molar-refractivity contribution in [3.8, 4) is 5.75 Å². The van der Waals surface area contributed by atoms with Gasteiger partial charge in [-0.05, 0) is 18.6 Å². The number of rotatable bonds is 8. The Morgan fingerprint density at radius 1 is 1.15 bits per heavy atom. The maximum atomic E-state index is 11.8. The molecule has 0 unspecified atom stereocenters. The normalized spacial score (nSPS) is 10.6. The van der Waals surface area contributed by atoms with E-state index in [1.807, 2.05) is 0 Å². The number of phenols is 1. The topological polar surface area (TPSA) is 49.3 Å². The molecule has 0 fully saturated rings. The summed E-state index contributed by atoms with van der Waals surface area (Å²) in [5, 5.41) is 12.9. The van der Waals surface area contributed by atoms with Crippen molar-refractivity contribution in [3.05, 3.63) is 22.2 Å². The first-order chi connectivity index (χ1) is 9.54. The van der Waals surface area contributed by atoms with Gasteiger partial charge < -0.3 is 10.4 Å². The predicted octanol–water partition coefficient (Wildman–Crippen LogP) is 5.39. The first-order valence-electron chi connectivity index (χ1n) is 7.02. The minimum absolute atomic E-state index is 0.130. The maximum Gasteiger partial charge on any atom is 0.224 e. The Morgan fingerprint density at radius 2 is 1.80 bits per heavy atom. The molecule has 0 heterocycles. The summed E-state index contributed by atoms with van der Waals surface area (Å²) in [7, 11) is 0. The number of anilines is 1. The van der Waals surface area contributed by atoms with Gasteiger partial charge in [-0.1, -0.05) is 62.2 Å². The summed E-state index contributed by atoms with van der Waals surface area (Å²) >= 11 is 11.6. The smallest absolute Gasteiger partial charge is 0.224 e. The van der Waals surface area contributed by atoms with Crippen molar-refractivity contribution in [2.75, 3.05) is 5.32 Å². The van der Waals surface area contributed by atoms with Gasteiger partial charge in [-0.2, -0.15) is 0 Å². The third-order valence-corrected chi connectivity index (χ3v) is 3.57. The molecule has 1 amide bonds. The number of nitrogens with one attached hydrogen (secondary N) is 1. The molecule has 0 spiro atoms. The lowest BCUT2D eigenvalue weighted by Gasteiger charge is -2.09. The van der Waals surface area contributed by atoms with Gasteiger partial charge in [0.1, 0.15) is 0 Å². The zero-order valence-corrected chi connectivity index (χ0v) is 13.2. The lowest BCUT2D eigenvalue weighted by Crippen LogP contribution is -2.11. The molecule has 0 radical (unpaired) electrons. The van der Waals surface area contributed by atoms with Crippen LogP contribution in [0.5, 0.6) is 5.75 Å². The Balaban J connectivity index is 2.36. The number of aromatic hydroxyl groups is 1. The van der Waals surface area contributed by atoms with E-state index in [0.717, 1.165) is 19.3 Å². The van der Waals surface area contributed by atoms with Crippen molar-refractivity contribution in [2.45, 2.75) is 51.9 Å². The monoisotopic (exact) mass is 317 g/mol. The van der Waals surface area contributed by atoms with E-state index < -0.39 is 0 Å². The summed E-state index contributed by atoms with van der Waals surface area (Å²) in [4.78, 5) is 11.8. The molecule has 0 atom stereocenters. The zero-order valence-electron chi connectivity index (χ0n) is 11.7. The fraction of sp³-hybridized carbons (Fsp3) is 0.533. The summed E-state index contributed by atoms with van der Waals surface area (Å²) in [6, 6.07) is 2.92. The van der Waals surface area contributed by atoms with E-state index in [4.69, 9.17) is 23.2 Å². The number of carbonyl (C=O) groups is 1. The van der Waals surface area contributed by atoms with Crippen LogP contribution in [0.4, 0.5) is 5.69 Å². The summed E-state index contributed by atoms with van der Waals surface area (Å²) in [5.74, 6) is -0.276. The Morgan fingerprint density at radius 3 is 2.50 bits per heavy atom. The van der Waals surface area contributed by atoms with Gasteiger partial charge in [-0.15, -0.1) is 0 Å². The van der Waals surface area contributed by atoms with Crippen LogP contribution < -0.4 is 5.32 Å². The van der Waals surface area contributed by atoms with Gasteiger partial charge in [-0.25, -0.2) is 0 Å².